The van der Waals surface area contributed by atoms with Crippen LogP contribution in [0.3, 0.4) is 0 Å². The Bertz CT molecular complexity index is 225. The molecule has 10 heavy (non-hydrogen) atoms. The van der Waals surface area contributed by atoms with E-state index < -0.39 is 6.10 Å². The molecule has 1 rings (SSSR count). The van der Waals surface area contributed by atoms with Gasteiger partial charge in [-0.15, -0.1) is 0 Å². The Balaban J connectivity index is 2.96. The lowest BCUT2D eigenvalue weighted by molar-refractivity contribution is 0.199. The van der Waals surface area contributed by atoms with Crippen molar-refractivity contribution in [2.75, 3.05) is 0 Å². The van der Waals surface area contributed by atoms with Gasteiger partial charge in [-0.3, -0.25) is 4.98 Å². The average molecular weight is 249 g/mol. The minimum Gasteiger partial charge on any atom is -0.389 e. The fourth-order valence-electron chi connectivity index (χ4n) is 0.657. The van der Waals surface area contributed by atoms with E-state index in [9.17, 15) is 0 Å². The van der Waals surface area contributed by atoms with E-state index in [1.165, 1.54) is 0 Å². The van der Waals surface area contributed by atoms with E-state index in [1.54, 1.807) is 19.3 Å². The van der Waals surface area contributed by atoms with Gasteiger partial charge in [0, 0.05) is 16.0 Å². The van der Waals surface area contributed by atoms with Crippen LogP contribution >= 0.6 is 22.6 Å². The molecule has 0 amide bonds. The summed E-state index contributed by atoms with van der Waals surface area (Å²) in [6.07, 6.45) is 3.02. The Morgan fingerprint density at radius 2 is 2.30 bits per heavy atom. The second-order valence-corrected chi connectivity index (χ2v) is 3.36. The molecule has 1 N–H and O–H groups in total. The Morgan fingerprint density at radius 3 is 2.70 bits per heavy atom. The second kappa shape index (κ2) is 3.30. The van der Waals surface area contributed by atoms with Gasteiger partial charge in [0.05, 0.1) is 6.10 Å². The fourth-order valence-corrected chi connectivity index (χ4v) is 1.18. The van der Waals surface area contributed by atoms with Crippen molar-refractivity contribution in [3.63, 3.8) is 0 Å². The average Bonchev–Trinajstić information content (AvgIpc) is 1.88. The van der Waals surface area contributed by atoms with Gasteiger partial charge in [-0.25, -0.2) is 0 Å². The molecule has 0 radical (unpaired) electrons. The smallest absolute Gasteiger partial charge is 0.0777 e. The summed E-state index contributed by atoms with van der Waals surface area (Å²) >= 11 is 2.17. The maximum absolute atomic E-state index is 9.10. The van der Waals surface area contributed by atoms with Crippen LogP contribution in [0, 0.1) is 3.57 Å². The Morgan fingerprint density at radius 1 is 1.60 bits per heavy atom. The number of rotatable bonds is 1. The van der Waals surface area contributed by atoms with E-state index >= 15 is 0 Å². The van der Waals surface area contributed by atoms with E-state index in [-0.39, 0.29) is 0 Å². The molecule has 0 aliphatic carbocycles. The van der Waals surface area contributed by atoms with Crippen LogP contribution in [0.5, 0.6) is 0 Å². The van der Waals surface area contributed by atoms with Crippen molar-refractivity contribution in [1.82, 2.24) is 4.98 Å². The molecular formula is C7H8INO. The summed E-state index contributed by atoms with van der Waals surface area (Å²) in [5, 5.41) is 9.10. The summed E-state index contributed by atoms with van der Waals surface area (Å²) in [5.74, 6) is 0. The van der Waals surface area contributed by atoms with Crippen molar-refractivity contribution in [1.29, 1.82) is 0 Å². The molecule has 2 nitrogen and oxygen atoms in total. The lowest BCUT2D eigenvalue weighted by Gasteiger charge is -2.02. The summed E-state index contributed by atoms with van der Waals surface area (Å²) in [6.45, 7) is 1.73. The third kappa shape index (κ3) is 1.91. The van der Waals surface area contributed by atoms with E-state index in [4.69, 9.17) is 5.11 Å². The van der Waals surface area contributed by atoms with Crippen LogP contribution in [0.4, 0.5) is 0 Å². The highest BCUT2D eigenvalue weighted by atomic mass is 127. The van der Waals surface area contributed by atoms with Crippen LogP contribution in [0.2, 0.25) is 0 Å². The Hall–Kier alpha value is -0.160. The molecule has 0 fully saturated rings. The number of aliphatic hydroxyl groups excluding tert-OH is 1. The molecule has 1 unspecified atom stereocenters. The Labute approximate surface area is 73.4 Å². The zero-order valence-electron chi connectivity index (χ0n) is 5.58. The van der Waals surface area contributed by atoms with Gasteiger partial charge in [-0.1, -0.05) is 0 Å². The second-order valence-electron chi connectivity index (χ2n) is 2.11. The summed E-state index contributed by atoms with van der Waals surface area (Å²) in [4.78, 5) is 3.94. The van der Waals surface area contributed by atoms with E-state index in [0.29, 0.717) is 0 Å². The van der Waals surface area contributed by atoms with Crippen molar-refractivity contribution < 1.29 is 5.11 Å². The molecule has 0 aromatic carbocycles. The number of pyridine rings is 1. The molecule has 1 aromatic rings. The predicted molar refractivity (Wildman–Crippen MR) is 47.6 cm³/mol. The number of hydrogen-bond acceptors (Lipinski definition) is 2. The van der Waals surface area contributed by atoms with Crippen LogP contribution in [-0.4, -0.2) is 10.1 Å². The Kier molecular flexibility index (Phi) is 2.62. The van der Waals surface area contributed by atoms with Gasteiger partial charge in [0.2, 0.25) is 0 Å². The van der Waals surface area contributed by atoms with Crippen LogP contribution in [0.25, 0.3) is 0 Å². The minimum atomic E-state index is -0.415. The van der Waals surface area contributed by atoms with Gasteiger partial charge < -0.3 is 5.11 Å². The summed E-state index contributed by atoms with van der Waals surface area (Å²) in [5.41, 5.74) is 0.868. The standard InChI is InChI=1S/C7H8INO/c1-5(10)6-2-7(8)4-9-3-6/h2-5,10H,1H3. The first-order valence-corrected chi connectivity index (χ1v) is 4.06. The zero-order chi connectivity index (χ0) is 7.56. The van der Waals surface area contributed by atoms with Crippen molar-refractivity contribution in [3.05, 3.63) is 27.6 Å². The predicted octanol–water partition coefficient (Wildman–Crippen LogP) is 1.74. The number of halogens is 1. The monoisotopic (exact) mass is 249 g/mol. The van der Waals surface area contributed by atoms with Gasteiger partial charge in [0.1, 0.15) is 0 Å². The first-order chi connectivity index (χ1) is 4.70. The number of hydrogen-bond donors (Lipinski definition) is 1. The lowest BCUT2D eigenvalue weighted by Crippen LogP contribution is -1.91. The van der Waals surface area contributed by atoms with E-state index in [1.807, 2.05) is 6.07 Å². The molecule has 0 spiro atoms. The maximum atomic E-state index is 9.10. The van der Waals surface area contributed by atoms with Crippen molar-refractivity contribution in [2.45, 2.75) is 13.0 Å². The van der Waals surface area contributed by atoms with E-state index in [2.05, 4.69) is 27.6 Å². The van der Waals surface area contributed by atoms with Crippen molar-refractivity contribution in [3.8, 4) is 0 Å². The molecule has 0 saturated heterocycles. The quantitative estimate of drug-likeness (QED) is 0.769. The third-order valence-electron chi connectivity index (χ3n) is 1.21. The first-order valence-electron chi connectivity index (χ1n) is 2.98. The van der Waals surface area contributed by atoms with E-state index in [0.717, 1.165) is 9.13 Å². The molecule has 54 valence electrons. The van der Waals surface area contributed by atoms with Crippen LogP contribution < -0.4 is 0 Å². The normalized spacial score (nSPS) is 13.1. The number of aromatic nitrogens is 1. The molecule has 1 atom stereocenters. The number of nitrogens with zero attached hydrogens (tertiary/aromatic N) is 1. The summed E-state index contributed by atoms with van der Waals surface area (Å²) in [7, 11) is 0. The minimum absolute atomic E-state index is 0.415. The first kappa shape index (κ1) is 7.94. The van der Waals surface area contributed by atoms with Gasteiger partial charge in [-0.2, -0.15) is 0 Å². The molecule has 1 heterocycles. The summed E-state index contributed by atoms with van der Waals surface area (Å²) in [6, 6.07) is 1.91. The topological polar surface area (TPSA) is 33.1 Å². The molecule has 3 heteroatoms. The summed E-state index contributed by atoms with van der Waals surface area (Å²) < 4.78 is 1.05. The van der Waals surface area contributed by atoms with Gasteiger partial charge >= 0.3 is 0 Å². The highest BCUT2D eigenvalue weighted by Crippen LogP contribution is 2.12. The molecular weight excluding hydrogens is 241 g/mol. The van der Waals surface area contributed by atoms with Crippen LogP contribution in [-0.2, 0) is 0 Å². The van der Waals surface area contributed by atoms with Crippen LogP contribution in [0.1, 0.15) is 18.6 Å². The fraction of sp³-hybridized carbons (Fsp3) is 0.286. The molecule has 0 bridgehead atoms. The maximum Gasteiger partial charge on any atom is 0.0777 e. The van der Waals surface area contributed by atoms with Crippen molar-refractivity contribution >= 4 is 22.6 Å². The largest absolute Gasteiger partial charge is 0.389 e. The zero-order valence-corrected chi connectivity index (χ0v) is 7.74. The van der Waals surface area contributed by atoms with Crippen molar-refractivity contribution in [2.24, 2.45) is 0 Å². The van der Waals surface area contributed by atoms with Crippen LogP contribution in [0.15, 0.2) is 18.5 Å². The SMILES string of the molecule is CC(O)c1cncc(I)c1. The molecule has 0 aliphatic rings. The van der Waals surface area contributed by atoms with Gasteiger partial charge in [0.25, 0.3) is 0 Å². The molecule has 1 aromatic heterocycles. The molecule has 0 saturated carbocycles. The van der Waals surface area contributed by atoms with Gasteiger partial charge in [-0.05, 0) is 41.1 Å². The highest BCUT2D eigenvalue weighted by Gasteiger charge is 1.99. The third-order valence-corrected chi connectivity index (χ3v) is 1.80. The highest BCUT2D eigenvalue weighted by molar-refractivity contribution is 14.1. The lowest BCUT2D eigenvalue weighted by atomic mass is 10.2. The van der Waals surface area contributed by atoms with Gasteiger partial charge in [0.15, 0.2) is 0 Å². The number of aliphatic hydroxyl groups is 1. The molecule has 0 aliphatic heterocycles.